The Bertz CT molecular complexity index is 486. The van der Waals surface area contributed by atoms with Crippen LogP contribution in [0.1, 0.15) is 59.3 Å². The first-order chi connectivity index (χ1) is 9.58. The third-order valence-electron chi connectivity index (χ3n) is 5.62. The van der Waals surface area contributed by atoms with Crippen molar-refractivity contribution in [2.45, 2.75) is 64.8 Å². The van der Waals surface area contributed by atoms with Crippen molar-refractivity contribution < 1.29 is 14.7 Å². The van der Waals surface area contributed by atoms with Crippen LogP contribution in [0.2, 0.25) is 0 Å². The molecule has 0 radical (unpaired) electrons. The number of carbonyl (C=O) groups excluding carboxylic acids is 1. The van der Waals surface area contributed by atoms with E-state index in [0.717, 1.165) is 38.5 Å². The van der Waals surface area contributed by atoms with Gasteiger partial charge in [-0.15, -0.1) is 10.1 Å². The maximum absolute atomic E-state index is 11.7. The molecule has 1 N–H and O–H groups in total. The van der Waals surface area contributed by atoms with Crippen molar-refractivity contribution in [3.63, 3.8) is 0 Å². The number of nitrogens with one attached hydrogen (secondary N) is 1. The molecule has 21 heavy (non-hydrogen) atoms. The molecule has 6 heteroatoms. The van der Waals surface area contributed by atoms with Gasteiger partial charge in [0.2, 0.25) is 5.91 Å². The van der Waals surface area contributed by atoms with E-state index in [0.29, 0.717) is 0 Å². The van der Waals surface area contributed by atoms with Crippen molar-refractivity contribution in [2.24, 2.45) is 16.2 Å². The molecule has 4 saturated carbocycles. The Hall–Kier alpha value is -1.33. The molecule has 4 bridgehead atoms. The smallest absolute Gasteiger partial charge is 0.294 e. The Labute approximate surface area is 124 Å². The molecule has 2 unspecified atom stereocenters. The first kappa shape index (κ1) is 14.6. The predicted molar refractivity (Wildman–Crippen MR) is 75.8 cm³/mol. The molecule has 0 aliphatic heterocycles. The summed E-state index contributed by atoms with van der Waals surface area (Å²) in [6, 6.07) is 0. The van der Waals surface area contributed by atoms with Crippen molar-refractivity contribution in [1.29, 1.82) is 0 Å². The maximum atomic E-state index is 11.7. The third kappa shape index (κ3) is 2.49. The summed E-state index contributed by atoms with van der Waals surface area (Å²) in [5, 5.41) is 13.1. The molecule has 0 heterocycles. The Morgan fingerprint density at radius 3 is 2.19 bits per heavy atom. The quantitative estimate of drug-likeness (QED) is 0.638. The van der Waals surface area contributed by atoms with Crippen LogP contribution in [0.15, 0.2) is 0 Å². The highest BCUT2D eigenvalue weighted by molar-refractivity contribution is 5.74. The first-order valence-corrected chi connectivity index (χ1v) is 7.64. The summed E-state index contributed by atoms with van der Waals surface area (Å²) in [4.78, 5) is 27.1. The maximum Gasteiger partial charge on any atom is 0.294 e. The summed E-state index contributed by atoms with van der Waals surface area (Å²) < 4.78 is 0. The topological polar surface area (TPSA) is 81.5 Å². The highest BCUT2D eigenvalue weighted by Crippen LogP contribution is 2.70. The van der Waals surface area contributed by atoms with Gasteiger partial charge in [0.1, 0.15) is 6.61 Å². The molecular weight excluding hydrogens is 272 g/mol. The van der Waals surface area contributed by atoms with E-state index in [1.165, 1.54) is 0 Å². The van der Waals surface area contributed by atoms with Crippen LogP contribution in [0, 0.1) is 26.4 Å². The SMILES string of the molecule is CC(=O)NC12CC3(C)CC(C)(CC(CO[N+](=O)[O-])(C3)C1)C2. The molecule has 0 aromatic rings. The molecule has 1 amide bonds. The standard InChI is InChI=1S/C15H24N2O4/c1-11(18)16-15-7-12(2)4-13(3,8-15)6-14(5-12,9-15)10-21-17(19)20/h4-10H2,1-3H3,(H,16,18). The van der Waals surface area contributed by atoms with Gasteiger partial charge in [-0.05, 0) is 54.8 Å². The summed E-state index contributed by atoms with van der Waals surface area (Å²) in [5.74, 6) is -0.00510. The molecule has 2 atom stereocenters. The second-order valence-electron chi connectivity index (χ2n) is 8.64. The van der Waals surface area contributed by atoms with Gasteiger partial charge in [0.25, 0.3) is 5.09 Å². The molecule has 4 aliphatic rings. The molecule has 4 rings (SSSR count). The zero-order chi connectivity index (χ0) is 15.5. The Morgan fingerprint density at radius 2 is 1.71 bits per heavy atom. The van der Waals surface area contributed by atoms with Crippen LogP contribution < -0.4 is 5.32 Å². The largest absolute Gasteiger partial charge is 0.351 e. The van der Waals surface area contributed by atoms with Gasteiger partial charge in [0.15, 0.2) is 0 Å². The second-order valence-corrected chi connectivity index (χ2v) is 8.64. The second kappa shape index (κ2) is 4.11. The molecule has 4 fully saturated rings. The van der Waals surface area contributed by atoms with Crippen molar-refractivity contribution in [3.8, 4) is 0 Å². The first-order valence-electron chi connectivity index (χ1n) is 7.64. The van der Waals surface area contributed by atoms with Crippen LogP contribution >= 0.6 is 0 Å². The van der Waals surface area contributed by atoms with Crippen LogP contribution in [0.4, 0.5) is 0 Å². The van der Waals surface area contributed by atoms with E-state index < -0.39 is 5.09 Å². The van der Waals surface area contributed by atoms with Gasteiger partial charge >= 0.3 is 0 Å². The van der Waals surface area contributed by atoms with Gasteiger partial charge in [0, 0.05) is 12.5 Å². The highest BCUT2D eigenvalue weighted by Gasteiger charge is 2.65. The number of rotatable bonds is 4. The van der Waals surface area contributed by atoms with Crippen LogP contribution in [-0.4, -0.2) is 23.1 Å². The zero-order valence-electron chi connectivity index (χ0n) is 13.0. The molecule has 0 saturated heterocycles. The van der Waals surface area contributed by atoms with E-state index >= 15 is 0 Å². The summed E-state index contributed by atoms with van der Waals surface area (Å²) in [5.41, 5.74) is -0.0877. The lowest BCUT2D eigenvalue weighted by atomic mass is 9.38. The van der Waals surface area contributed by atoms with Gasteiger partial charge < -0.3 is 10.2 Å². The number of hydrogen-bond donors (Lipinski definition) is 1. The summed E-state index contributed by atoms with van der Waals surface area (Å²) in [6.07, 6.45) is 5.83. The minimum atomic E-state index is -0.686. The fraction of sp³-hybridized carbons (Fsp3) is 0.933. The van der Waals surface area contributed by atoms with Gasteiger partial charge in [0.05, 0.1) is 0 Å². The van der Waals surface area contributed by atoms with Crippen LogP contribution in [0.25, 0.3) is 0 Å². The van der Waals surface area contributed by atoms with Crippen molar-refractivity contribution in [2.75, 3.05) is 6.61 Å². The molecule has 0 spiro atoms. The number of nitrogens with zero attached hydrogens (tertiary/aromatic N) is 1. The lowest BCUT2D eigenvalue weighted by Crippen LogP contribution is -2.68. The summed E-state index contributed by atoms with van der Waals surface area (Å²) in [7, 11) is 0. The fourth-order valence-corrected chi connectivity index (χ4v) is 6.79. The van der Waals surface area contributed by atoms with Crippen LogP contribution in [0.3, 0.4) is 0 Å². The van der Waals surface area contributed by atoms with E-state index in [-0.39, 0.29) is 34.3 Å². The monoisotopic (exact) mass is 296 g/mol. The minimum Gasteiger partial charge on any atom is -0.351 e. The van der Waals surface area contributed by atoms with Crippen molar-refractivity contribution in [3.05, 3.63) is 10.1 Å². The lowest BCUT2D eigenvalue weighted by Gasteiger charge is -2.69. The average Bonchev–Trinajstić information content (AvgIpc) is 2.19. The normalized spacial score (nSPS) is 47.2. The van der Waals surface area contributed by atoms with Gasteiger partial charge in [-0.2, -0.15) is 0 Å². The van der Waals surface area contributed by atoms with Crippen LogP contribution in [0.5, 0.6) is 0 Å². The lowest BCUT2D eigenvalue weighted by molar-refractivity contribution is -0.761. The third-order valence-corrected chi connectivity index (χ3v) is 5.62. The van der Waals surface area contributed by atoms with Gasteiger partial charge in [-0.25, -0.2) is 0 Å². The Balaban J connectivity index is 1.93. The predicted octanol–water partition coefficient (Wildman–Crippen LogP) is 2.45. The molecule has 0 aromatic carbocycles. The molecule has 6 nitrogen and oxygen atoms in total. The van der Waals surface area contributed by atoms with E-state index in [1.54, 1.807) is 6.92 Å². The van der Waals surface area contributed by atoms with Crippen LogP contribution in [-0.2, 0) is 9.63 Å². The molecule has 118 valence electrons. The van der Waals surface area contributed by atoms with Crippen molar-refractivity contribution in [1.82, 2.24) is 5.32 Å². The van der Waals surface area contributed by atoms with Gasteiger partial charge in [-0.1, -0.05) is 13.8 Å². The minimum absolute atomic E-state index is 0.00510. The van der Waals surface area contributed by atoms with Crippen molar-refractivity contribution >= 4 is 5.91 Å². The van der Waals surface area contributed by atoms with Gasteiger partial charge in [-0.3, -0.25) is 4.79 Å². The molecular formula is C15H24N2O4. The highest BCUT2D eigenvalue weighted by atomic mass is 16.9. The number of carbonyl (C=O) groups is 1. The number of amides is 1. The fourth-order valence-electron chi connectivity index (χ4n) is 6.79. The Morgan fingerprint density at radius 1 is 1.14 bits per heavy atom. The Kier molecular flexibility index (Phi) is 2.86. The van der Waals surface area contributed by atoms with E-state index in [4.69, 9.17) is 4.84 Å². The molecule has 0 aromatic heterocycles. The van der Waals surface area contributed by atoms with E-state index in [2.05, 4.69) is 19.2 Å². The zero-order valence-corrected chi connectivity index (χ0v) is 13.0. The van der Waals surface area contributed by atoms with E-state index in [9.17, 15) is 14.9 Å². The summed E-state index contributed by atoms with van der Waals surface area (Å²) >= 11 is 0. The van der Waals surface area contributed by atoms with E-state index in [1.807, 2.05) is 0 Å². The summed E-state index contributed by atoms with van der Waals surface area (Å²) in [6.45, 7) is 6.25. The number of hydrogen-bond acceptors (Lipinski definition) is 4. The molecule has 4 aliphatic carbocycles. The average molecular weight is 296 g/mol.